The maximum atomic E-state index is 5.32. The summed E-state index contributed by atoms with van der Waals surface area (Å²) in [6, 6.07) is 13.8. The molecule has 0 amide bonds. The number of hydrogen-bond donors (Lipinski definition) is 1. The third-order valence-corrected chi connectivity index (χ3v) is 4.55. The van der Waals surface area contributed by atoms with Crippen LogP contribution >= 0.6 is 24.0 Å². The first-order valence-electron chi connectivity index (χ1n) is 7.47. The molecule has 0 unspecified atom stereocenters. The van der Waals surface area contributed by atoms with Gasteiger partial charge in [0.15, 0.2) is 15.8 Å². The third kappa shape index (κ3) is 5.65. The number of hydrogen-bond acceptors (Lipinski definition) is 6. The highest BCUT2D eigenvalue weighted by Gasteiger charge is 2.12. The summed E-state index contributed by atoms with van der Waals surface area (Å²) in [5.41, 5.74) is 4.87. The Kier molecular flexibility index (Phi) is 7.56. The normalized spacial score (nSPS) is 10.5. The molecule has 0 saturated heterocycles. The molecule has 0 aromatic heterocycles. The summed E-state index contributed by atoms with van der Waals surface area (Å²) < 4.78 is 16.5. The Balaban J connectivity index is 1.96. The SMILES string of the molecule is COc1cc(/C=N/NC(=S)SCc2ccccc2)cc(OC)c1OC. The van der Waals surface area contributed by atoms with Gasteiger partial charge in [0, 0.05) is 11.3 Å². The quantitative estimate of drug-likeness (QED) is 0.450. The van der Waals surface area contributed by atoms with Crippen LogP contribution in [-0.2, 0) is 5.75 Å². The molecular weight excluding hydrogens is 356 g/mol. The standard InChI is InChI=1S/C18H20N2O3S2/c1-21-15-9-14(10-16(22-2)17(15)23-3)11-19-20-18(24)25-12-13-7-5-4-6-8-13/h4-11H,12H2,1-3H3,(H,20,24)/b19-11+. The van der Waals surface area contributed by atoms with Crippen molar-refractivity contribution in [1.29, 1.82) is 0 Å². The van der Waals surface area contributed by atoms with Gasteiger partial charge in [0.2, 0.25) is 5.75 Å². The monoisotopic (exact) mass is 376 g/mol. The third-order valence-electron chi connectivity index (χ3n) is 3.27. The number of nitrogens with zero attached hydrogens (tertiary/aromatic N) is 1. The molecule has 1 N–H and O–H groups in total. The topological polar surface area (TPSA) is 52.1 Å². The molecule has 0 aliphatic heterocycles. The van der Waals surface area contributed by atoms with E-state index in [1.165, 1.54) is 17.3 Å². The van der Waals surface area contributed by atoms with Crippen LogP contribution in [0.4, 0.5) is 0 Å². The first kappa shape index (κ1) is 19.1. The highest BCUT2D eigenvalue weighted by molar-refractivity contribution is 8.22. The van der Waals surface area contributed by atoms with Crippen LogP contribution in [0.15, 0.2) is 47.6 Å². The molecule has 0 fully saturated rings. The summed E-state index contributed by atoms with van der Waals surface area (Å²) >= 11 is 6.80. The average Bonchev–Trinajstić information content (AvgIpc) is 2.66. The van der Waals surface area contributed by atoms with E-state index in [9.17, 15) is 0 Å². The lowest BCUT2D eigenvalue weighted by Crippen LogP contribution is -2.11. The van der Waals surface area contributed by atoms with E-state index < -0.39 is 0 Å². The number of thioether (sulfide) groups is 1. The van der Waals surface area contributed by atoms with Crippen molar-refractivity contribution in [3.8, 4) is 17.2 Å². The molecule has 0 bridgehead atoms. The first-order valence-corrected chi connectivity index (χ1v) is 8.87. The van der Waals surface area contributed by atoms with Gasteiger partial charge < -0.3 is 14.2 Å². The number of ether oxygens (including phenoxy) is 3. The van der Waals surface area contributed by atoms with E-state index in [-0.39, 0.29) is 0 Å². The number of nitrogens with one attached hydrogen (secondary N) is 1. The van der Waals surface area contributed by atoms with Crippen LogP contribution in [0.1, 0.15) is 11.1 Å². The second-order valence-electron chi connectivity index (χ2n) is 4.89. The number of rotatable bonds is 7. The van der Waals surface area contributed by atoms with Gasteiger partial charge in [-0.1, -0.05) is 54.3 Å². The minimum absolute atomic E-state index is 0.545. The molecule has 0 saturated carbocycles. The molecule has 7 heteroatoms. The molecule has 0 atom stereocenters. The molecule has 2 rings (SSSR count). The molecule has 5 nitrogen and oxygen atoms in total. The number of benzene rings is 2. The fourth-order valence-corrected chi connectivity index (χ4v) is 2.93. The predicted octanol–water partition coefficient (Wildman–Crippen LogP) is 3.85. The lowest BCUT2D eigenvalue weighted by Gasteiger charge is -2.12. The Bertz CT molecular complexity index is 711. The Morgan fingerprint density at radius 3 is 2.28 bits per heavy atom. The van der Waals surface area contributed by atoms with Gasteiger partial charge >= 0.3 is 0 Å². The summed E-state index contributed by atoms with van der Waals surface area (Å²) in [7, 11) is 4.72. The minimum Gasteiger partial charge on any atom is -0.493 e. The van der Waals surface area contributed by atoms with E-state index in [0.717, 1.165) is 11.3 Å². The van der Waals surface area contributed by atoms with Gasteiger partial charge in [0.1, 0.15) is 0 Å². The lowest BCUT2D eigenvalue weighted by molar-refractivity contribution is 0.324. The second-order valence-corrected chi connectivity index (χ2v) is 6.54. The summed E-state index contributed by atoms with van der Waals surface area (Å²) in [5, 5.41) is 4.17. The molecule has 2 aromatic rings. The molecular formula is C18H20N2O3S2. The Labute approximate surface area is 157 Å². The molecule has 0 aliphatic rings. The largest absolute Gasteiger partial charge is 0.493 e. The van der Waals surface area contributed by atoms with Crippen LogP contribution < -0.4 is 19.6 Å². The fourth-order valence-electron chi connectivity index (χ4n) is 2.09. The van der Waals surface area contributed by atoms with Crippen LogP contribution in [0, 0.1) is 0 Å². The van der Waals surface area contributed by atoms with Gasteiger partial charge in [0.25, 0.3) is 0 Å². The summed E-state index contributed by atoms with van der Waals surface area (Å²) in [5.74, 6) is 2.49. The molecule has 0 spiro atoms. The summed E-state index contributed by atoms with van der Waals surface area (Å²) in [6.45, 7) is 0. The molecule has 2 aromatic carbocycles. The van der Waals surface area contributed by atoms with Crippen molar-refractivity contribution < 1.29 is 14.2 Å². The first-order chi connectivity index (χ1) is 12.2. The lowest BCUT2D eigenvalue weighted by atomic mass is 10.2. The van der Waals surface area contributed by atoms with Crippen LogP contribution in [0.3, 0.4) is 0 Å². The highest BCUT2D eigenvalue weighted by atomic mass is 32.2. The van der Waals surface area contributed by atoms with Crippen molar-refractivity contribution in [2.75, 3.05) is 21.3 Å². The number of thiocarbonyl (C=S) groups is 1. The molecule has 0 radical (unpaired) electrons. The molecule has 0 heterocycles. The number of hydrazone groups is 1. The molecule has 0 aliphatic carbocycles. The summed E-state index contributed by atoms with van der Waals surface area (Å²) in [6.07, 6.45) is 1.65. The van der Waals surface area contributed by atoms with Gasteiger partial charge in [-0.05, 0) is 17.7 Å². The maximum absolute atomic E-state index is 5.32. The van der Waals surface area contributed by atoms with Crippen LogP contribution in [0.5, 0.6) is 17.2 Å². The number of methoxy groups -OCH3 is 3. The average molecular weight is 377 g/mol. The van der Waals surface area contributed by atoms with Crippen molar-refractivity contribution in [2.24, 2.45) is 5.10 Å². The van der Waals surface area contributed by atoms with E-state index in [4.69, 9.17) is 26.4 Å². The summed E-state index contributed by atoms with van der Waals surface area (Å²) in [4.78, 5) is 0. The fraction of sp³-hybridized carbons (Fsp3) is 0.222. The van der Waals surface area contributed by atoms with Gasteiger partial charge in [0.05, 0.1) is 27.5 Å². The zero-order chi connectivity index (χ0) is 18.1. The molecule has 25 heavy (non-hydrogen) atoms. The van der Waals surface area contributed by atoms with Crippen molar-refractivity contribution >= 4 is 34.5 Å². The second kappa shape index (κ2) is 9.90. The van der Waals surface area contributed by atoms with Crippen molar-refractivity contribution in [3.05, 3.63) is 53.6 Å². The van der Waals surface area contributed by atoms with Crippen molar-refractivity contribution in [1.82, 2.24) is 5.43 Å². The van der Waals surface area contributed by atoms with Crippen molar-refractivity contribution in [3.63, 3.8) is 0 Å². The van der Waals surface area contributed by atoms with Gasteiger partial charge in [-0.3, -0.25) is 5.43 Å². The Morgan fingerprint density at radius 1 is 1.08 bits per heavy atom. The van der Waals surface area contributed by atoms with Crippen LogP contribution in [0.25, 0.3) is 0 Å². The van der Waals surface area contributed by atoms with Crippen molar-refractivity contribution in [2.45, 2.75) is 5.75 Å². The molecule has 132 valence electrons. The predicted molar refractivity (Wildman–Crippen MR) is 107 cm³/mol. The zero-order valence-corrected chi connectivity index (χ0v) is 15.9. The van der Waals surface area contributed by atoms with Crippen LogP contribution in [-0.4, -0.2) is 31.9 Å². The smallest absolute Gasteiger partial charge is 0.203 e. The van der Waals surface area contributed by atoms with E-state index in [1.807, 2.05) is 30.3 Å². The Morgan fingerprint density at radius 2 is 1.72 bits per heavy atom. The maximum Gasteiger partial charge on any atom is 0.203 e. The van der Waals surface area contributed by atoms with Gasteiger partial charge in [-0.15, -0.1) is 0 Å². The Hall–Kier alpha value is -2.25. The van der Waals surface area contributed by atoms with E-state index in [0.29, 0.717) is 21.6 Å². The minimum atomic E-state index is 0.545. The highest BCUT2D eigenvalue weighted by Crippen LogP contribution is 2.37. The van der Waals surface area contributed by atoms with E-state index in [2.05, 4.69) is 22.7 Å². The van der Waals surface area contributed by atoms with E-state index >= 15 is 0 Å². The van der Waals surface area contributed by atoms with Gasteiger partial charge in [-0.2, -0.15) is 5.10 Å². The zero-order valence-electron chi connectivity index (χ0n) is 14.3. The van der Waals surface area contributed by atoms with Crippen LogP contribution in [0.2, 0.25) is 0 Å². The van der Waals surface area contributed by atoms with E-state index in [1.54, 1.807) is 27.5 Å². The van der Waals surface area contributed by atoms with Gasteiger partial charge in [-0.25, -0.2) is 0 Å².